The van der Waals surface area contributed by atoms with Crippen molar-refractivity contribution in [1.82, 2.24) is 25.5 Å². The second-order valence-corrected chi connectivity index (χ2v) is 9.96. The van der Waals surface area contributed by atoms with Crippen LogP contribution in [0.15, 0.2) is 36.4 Å². The maximum Gasteiger partial charge on any atom is 0.328 e. The van der Waals surface area contributed by atoms with Crippen molar-refractivity contribution in [3.8, 4) is 11.4 Å². The molecule has 2 heterocycles. The van der Waals surface area contributed by atoms with Crippen LogP contribution in [0.3, 0.4) is 0 Å². The van der Waals surface area contributed by atoms with Crippen molar-refractivity contribution in [1.29, 1.82) is 0 Å². The summed E-state index contributed by atoms with van der Waals surface area (Å²) in [6.07, 6.45) is -0.551. The highest BCUT2D eigenvalue weighted by Crippen LogP contribution is 2.35. The minimum absolute atomic E-state index is 0.0294. The van der Waals surface area contributed by atoms with E-state index in [0.717, 1.165) is 0 Å². The molecule has 0 spiro atoms. The number of nitrogens with one attached hydrogen (secondary N) is 2. The first-order valence-corrected chi connectivity index (χ1v) is 12.9. The van der Waals surface area contributed by atoms with E-state index in [0.29, 0.717) is 56.1 Å². The van der Waals surface area contributed by atoms with Crippen LogP contribution < -0.4 is 10.6 Å². The third kappa shape index (κ3) is 7.68. The second kappa shape index (κ2) is 11.6. The van der Waals surface area contributed by atoms with Gasteiger partial charge in [-0.2, -0.15) is 0 Å². The standard InChI is InChI=1S/C22H30N5O6P/c1-15(28)7-8-17-13-18(25-20(24-17)16-5-3-2-4-6-16)21(29)26-19(14-34(31,32)33)22(30)27-11-9-23-10-12-27/h2-6,13,15,19,23,28H,7-12,14H2,1H3,(H,26,29)(H2,31,32,33). The van der Waals surface area contributed by atoms with Crippen LogP contribution in [0.5, 0.6) is 0 Å². The zero-order valence-electron chi connectivity index (χ0n) is 18.9. The molecule has 34 heavy (non-hydrogen) atoms. The molecule has 1 saturated heterocycles. The fraction of sp³-hybridized carbons (Fsp3) is 0.455. The molecule has 0 bridgehead atoms. The molecule has 1 aromatic carbocycles. The number of rotatable bonds is 9. The SMILES string of the molecule is CC(O)CCc1cc(C(=O)NC(CP(=O)(O)O)C(=O)N2CCNCC2)nc(-c2ccccc2)n1. The molecule has 1 fully saturated rings. The zero-order valence-corrected chi connectivity index (χ0v) is 19.8. The predicted octanol–water partition coefficient (Wildman–Crippen LogP) is 0.165. The lowest BCUT2D eigenvalue weighted by Crippen LogP contribution is -2.55. The number of aliphatic hydroxyl groups is 1. The van der Waals surface area contributed by atoms with Gasteiger partial charge in [-0.1, -0.05) is 30.3 Å². The highest BCUT2D eigenvalue weighted by molar-refractivity contribution is 7.51. The van der Waals surface area contributed by atoms with Gasteiger partial charge in [0.2, 0.25) is 5.91 Å². The van der Waals surface area contributed by atoms with E-state index in [2.05, 4.69) is 20.6 Å². The molecule has 0 aliphatic carbocycles. The van der Waals surface area contributed by atoms with E-state index < -0.39 is 37.7 Å². The number of hydrogen-bond acceptors (Lipinski definition) is 7. The van der Waals surface area contributed by atoms with E-state index >= 15 is 0 Å². The first kappa shape index (κ1) is 25.9. The molecule has 2 unspecified atom stereocenters. The van der Waals surface area contributed by atoms with Crippen LogP contribution in [-0.2, 0) is 15.8 Å². The highest BCUT2D eigenvalue weighted by Gasteiger charge is 2.33. The Kier molecular flexibility index (Phi) is 8.87. The molecule has 1 aliphatic rings. The summed E-state index contributed by atoms with van der Waals surface area (Å²) in [5.74, 6) is -0.988. The van der Waals surface area contributed by atoms with Crippen LogP contribution in [0, 0.1) is 0 Å². The Labute approximate surface area is 197 Å². The van der Waals surface area contributed by atoms with Crippen molar-refractivity contribution < 1.29 is 29.0 Å². The fourth-order valence-electron chi connectivity index (χ4n) is 3.58. The van der Waals surface area contributed by atoms with E-state index in [4.69, 9.17) is 0 Å². The normalized spacial score (nSPS) is 16.1. The van der Waals surface area contributed by atoms with E-state index in [1.165, 1.54) is 11.0 Å². The summed E-state index contributed by atoms with van der Waals surface area (Å²) in [6.45, 7) is 3.52. The van der Waals surface area contributed by atoms with Crippen LogP contribution >= 0.6 is 7.60 Å². The molecule has 3 rings (SSSR count). The third-order valence-electron chi connectivity index (χ3n) is 5.31. The summed E-state index contributed by atoms with van der Waals surface area (Å²) >= 11 is 0. The Morgan fingerprint density at radius 1 is 1.18 bits per heavy atom. The Morgan fingerprint density at radius 3 is 2.47 bits per heavy atom. The van der Waals surface area contributed by atoms with E-state index in [1.807, 2.05) is 18.2 Å². The van der Waals surface area contributed by atoms with E-state index in [-0.39, 0.29) is 5.69 Å². The maximum atomic E-state index is 13.1. The lowest BCUT2D eigenvalue weighted by Gasteiger charge is -2.31. The van der Waals surface area contributed by atoms with Crippen LogP contribution in [0.4, 0.5) is 0 Å². The van der Waals surface area contributed by atoms with Crippen molar-refractivity contribution in [3.63, 3.8) is 0 Å². The lowest BCUT2D eigenvalue weighted by atomic mass is 10.1. The van der Waals surface area contributed by atoms with Gasteiger partial charge in [0.15, 0.2) is 5.82 Å². The van der Waals surface area contributed by atoms with Crippen molar-refractivity contribution in [2.75, 3.05) is 32.3 Å². The largest absolute Gasteiger partial charge is 0.393 e. The summed E-state index contributed by atoms with van der Waals surface area (Å²) in [6, 6.07) is 9.10. The molecule has 0 radical (unpaired) electrons. The Balaban J connectivity index is 1.89. The summed E-state index contributed by atoms with van der Waals surface area (Å²) in [5, 5.41) is 15.2. The summed E-state index contributed by atoms with van der Waals surface area (Å²) in [7, 11) is -4.60. The van der Waals surface area contributed by atoms with Crippen LogP contribution in [-0.4, -0.2) is 86.1 Å². The number of aliphatic hydroxyl groups excluding tert-OH is 1. The van der Waals surface area contributed by atoms with Crippen molar-refractivity contribution in [3.05, 3.63) is 47.8 Å². The molecule has 12 heteroatoms. The maximum absolute atomic E-state index is 13.1. The first-order valence-electron chi connectivity index (χ1n) is 11.1. The van der Waals surface area contributed by atoms with Gasteiger partial charge in [0, 0.05) is 37.4 Å². The van der Waals surface area contributed by atoms with Gasteiger partial charge in [0.25, 0.3) is 5.91 Å². The quantitative estimate of drug-likeness (QED) is 0.307. The number of piperazine rings is 1. The number of aromatic nitrogens is 2. The van der Waals surface area contributed by atoms with Gasteiger partial charge in [-0.05, 0) is 25.8 Å². The molecule has 184 valence electrons. The second-order valence-electron chi connectivity index (χ2n) is 8.27. The molecule has 5 N–H and O–H groups in total. The molecule has 1 aromatic heterocycles. The average Bonchev–Trinajstić information content (AvgIpc) is 2.82. The molecule has 2 amide bonds. The molecule has 1 aliphatic heterocycles. The highest BCUT2D eigenvalue weighted by atomic mass is 31.2. The number of benzene rings is 1. The Bertz CT molecular complexity index is 1040. The monoisotopic (exact) mass is 491 g/mol. The molecular weight excluding hydrogens is 461 g/mol. The van der Waals surface area contributed by atoms with Gasteiger partial charge in [0.05, 0.1) is 12.3 Å². The Hall–Kier alpha value is -2.69. The lowest BCUT2D eigenvalue weighted by molar-refractivity contribution is -0.133. The van der Waals surface area contributed by atoms with Crippen LogP contribution in [0.1, 0.15) is 29.5 Å². The van der Waals surface area contributed by atoms with Crippen molar-refractivity contribution in [2.45, 2.75) is 31.9 Å². The number of carbonyl (C=O) groups is 2. The molecule has 11 nitrogen and oxygen atoms in total. The topological polar surface area (TPSA) is 165 Å². The fourth-order valence-corrected chi connectivity index (χ4v) is 4.30. The average molecular weight is 491 g/mol. The minimum atomic E-state index is -4.60. The molecule has 2 aromatic rings. The van der Waals surface area contributed by atoms with Gasteiger partial charge >= 0.3 is 7.60 Å². The third-order valence-corrected chi connectivity index (χ3v) is 6.16. The van der Waals surface area contributed by atoms with E-state index in [9.17, 15) is 29.0 Å². The number of amides is 2. The summed E-state index contributed by atoms with van der Waals surface area (Å²) < 4.78 is 11.7. The van der Waals surface area contributed by atoms with Crippen LogP contribution in [0.2, 0.25) is 0 Å². The molecular formula is C22H30N5O6P. The van der Waals surface area contributed by atoms with Gasteiger partial charge in [-0.3, -0.25) is 14.2 Å². The Morgan fingerprint density at radius 2 is 1.85 bits per heavy atom. The van der Waals surface area contributed by atoms with Gasteiger partial charge in [-0.25, -0.2) is 9.97 Å². The minimum Gasteiger partial charge on any atom is -0.393 e. The van der Waals surface area contributed by atoms with Crippen molar-refractivity contribution >= 4 is 19.4 Å². The number of nitrogens with zero attached hydrogens (tertiary/aromatic N) is 3. The van der Waals surface area contributed by atoms with Gasteiger partial charge in [-0.15, -0.1) is 0 Å². The smallest absolute Gasteiger partial charge is 0.328 e. The number of aryl methyl sites for hydroxylation is 1. The summed E-state index contributed by atoms with van der Waals surface area (Å²) in [5.41, 5.74) is 1.18. The van der Waals surface area contributed by atoms with Crippen molar-refractivity contribution in [2.24, 2.45) is 0 Å². The van der Waals surface area contributed by atoms with Gasteiger partial charge < -0.3 is 30.4 Å². The molecule has 0 saturated carbocycles. The van der Waals surface area contributed by atoms with E-state index in [1.54, 1.807) is 19.1 Å². The van der Waals surface area contributed by atoms with Crippen LogP contribution in [0.25, 0.3) is 11.4 Å². The number of hydrogen-bond donors (Lipinski definition) is 5. The number of carbonyl (C=O) groups excluding carboxylic acids is 2. The zero-order chi connectivity index (χ0) is 24.7. The first-order chi connectivity index (χ1) is 16.1. The molecule has 2 atom stereocenters. The summed E-state index contributed by atoms with van der Waals surface area (Å²) in [4.78, 5) is 55.4. The predicted molar refractivity (Wildman–Crippen MR) is 125 cm³/mol. The van der Waals surface area contributed by atoms with Gasteiger partial charge in [0.1, 0.15) is 11.7 Å².